The number of hydrogen-bond donors (Lipinski definition) is 2. The molecule has 0 amide bonds. The van der Waals surface area contributed by atoms with E-state index < -0.39 is 0 Å². The number of fused-ring (bicyclic) bond motifs is 1. The van der Waals surface area contributed by atoms with E-state index in [2.05, 4.69) is 34.0 Å². The van der Waals surface area contributed by atoms with E-state index in [0.29, 0.717) is 6.42 Å². The third-order valence-electron chi connectivity index (χ3n) is 6.59. The first-order chi connectivity index (χ1) is 17.3. The van der Waals surface area contributed by atoms with Crippen molar-refractivity contribution in [3.8, 4) is 0 Å². The number of pyridine rings is 1. The zero-order valence-corrected chi connectivity index (χ0v) is 22.2. The highest BCUT2D eigenvalue weighted by molar-refractivity contribution is 5.77. The van der Waals surface area contributed by atoms with Crippen LogP contribution in [-0.4, -0.2) is 26.7 Å². The molecule has 1 aromatic carbocycles. The number of aromatic amines is 1. The van der Waals surface area contributed by atoms with Crippen molar-refractivity contribution in [1.29, 1.82) is 0 Å². The van der Waals surface area contributed by atoms with Crippen molar-refractivity contribution in [2.75, 3.05) is 6.61 Å². The summed E-state index contributed by atoms with van der Waals surface area (Å²) in [5.41, 5.74) is 2.28. The lowest BCUT2D eigenvalue weighted by atomic mass is 10.0. The summed E-state index contributed by atoms with van der Waals surface area (Å²) in [6, 6.07) is 12.1. The van der Waals surface area contributed by atoms with Gasteiger partial charge in [0.1, 0.15) is 5.82 Å². The quantitative estimate of drug-likeness (QED) is 0.180. The molecule has 35 heavy (non-hydrogen) atoms. The molecule has 0 saturated carbocycles. The molecule has 0 aliphatic rings. The smallest absolute Gasteiger partial charge is 0.108 e. The van der Waals surface area contributed by atoms with Crippen LogP contribution in [0, 0.1) is 0 Å². The van der Waals surface area contributed by atoms with Gasteiger partial charge in [0.15, 0.2) is 0 Å². The minimum atomic E-state index is 0.173. The van der Waals surface area contributed by atoms with E-state index in [9.17, 15) is 0 Å². The molecule has 4 heteroatoms. The SMILES string of the molecule is CCCCCCCCCCCCCCCCCc1cnc(CCO)[nH]1.c1ccc2ncccc2c1. The number of H-pyrrole nitrogens is 1. The van der Waals surface area contributed by atoms with E-state index in [1.54, 1.807) is 0 Å². The Morgan fingerprint density at radius 3 is 1.83 bits per heavy atom. The number of rotatable bonds is 18. The molecule has 3 rings (SSSR count). The summed E-state index contributed by atoms with van der Waals surface area (Å²) in [6.07, 6.45) is 26.6. The highest BCUT2D eigenvalue weighted by Crippen LogP contribution is 2.14. The molecule has 2 N–H and O–H groups in total. The number of nitrogens with one attached hydrogen (secondary N) is 1. The first-order valence-electron chi connectivity index (χ1n) is 14.3. The molecule has 0 bridgehead atoms. The first kappa shape index (κ1) is 29.0. The first-order valence-corrected chi connectivity index (χ1v) is 14.3. The van der Waals surface area contributed by atoms with Crippen molar-refractivity contribution >= 4 is 10.9 Å². The minimum Gasteiger partial charge on any atom is -0.396 e. The molecule has 0 atom stereocenters. The fourth-order valence-electron chi connectivity index (χ4n) is 4.47. The van der Waals surface area contributed by atoms with Crippen LogP contribution in [0.25, 0.3) is 10.9 Å². The Morgan fingerprint density at radius 2 is 1.23 bits per heavy atom. The van der Waals surface area contributed by atoms with Crippen LogP contribution in [0.2, 0.25) is 0 Å². The summed E-state index contributed by atoms with van der Waals surface area (Å²) < 4.78 is 0. The second-order valence-corrected chi connectivity index (χ2v) is 9.72. The number of aryl methyl sites for hydroxylation is 1. The molecule has 0 aliphatic carbocycles. The number of aliphatic hydroxyl groups excluding tert-OH is 1. The Balaban J connectivity index is 0.000000353. The lowest BCUT2D eigenvalue weighted by molar-refractivity contribution is 0.297. The van der Waals surface area contributed by atoms with E-state index in [4.69, 9.17) is 5.11 Å². The summed E-state index contributed by atoms with van der Waals surface area (Å²) in [5, 5.41) is 10.1. The third-order valence-corrected chi connectivity index (χ3v) is 6.59. The largest absolute Gasteiger partial charge is 0.396 e. The maximum Gasteiger partial charge on any atom is 0.108 e. The number of unbranched alkanes of at least 4 members (excludes halogenated alkanes) is 14. The zero-order valence-electron chi connectivity index (χ0n) is 22.2. The second kappa shape index (κ2) is 20.0. The van der Waals surface area contributed by atoms with Crippen LogP contribution in [-0.2, 0) is 12.8 Å². The van der Waals surface area contributed by atoms with Gasteiger partial charge >= 0.3 is 0 Å². The predicted octanol–water partition coefficient (Wildman–Crippen LogP) is 8.59. The Morgan fingerprint density at radius 1 is 0.657 bits per heavy atom. The van der Waals surface area contributed by atoms with Crippen LogP contribution in [0.1, 0.15) is 115 Å². The summed E-state index contributed by atoms with van der Waals surface area (Å²) in [5.74, 6) is 0.915. The topological polar surface area (TPSA) is 61.8 Å². The minimum absolute atomic E-state index is 0.173. The fourth-order valence-corrected chi connectivity index (χ4v) is 4.47. The lowest BCUT2D eigenvalue weighted by Crippen LogP contribution is -1.93. The summed E-state index contributed by atoms with van der Waals surface area (Å²) >= 11 is 0. The van der Waals surface area contributed by atoms with Crippen LogP contribution < -0.4 is 0 Å². The van der Waals surface area contributed by atoms with Gasteiger partial charge in [-0.15, -0.1) is 0 Å². The van der Waals surface area contributed by atoms with Crippen LogP contribution in [0.4, 0.5) is 0 Å². The molecule has 4 nitrogen and oxygen atoms in total. The van der Waals surface area contributed by atoms with E-state index in [1.165, 1.54) is 107 Å². The van der Waals surface area contributed by atoms with Gasteiger partial charge in [-0.1, -0.05) is 121 Å². The molecule has 3 aromatic rings. The van der Waals surface area contributed by atoms with Gasteiger partial charge in [0.2, 0.25) is 0 Å². The van der Waals surface area contributed by atoms with E-state index in [0.717, 1.165) is 17.8 Å². The Labute approximate surface area is 214 Å². The highest BCUT2D eigenvalue weighted by Gasteiger charge is 2.00. The molecule has 0 fully saturated rings. The number of benzene rings is 1. The van der Waals surface area contributed by atoms with Crippen LogP contribution >= 0.6 is 0 Å². The van der Waals surface area contributed by atoms with Crippen molar-refractivity contribution in [1.82, 2.24) is 15.0 Å². The van der Waals surface area contributed by atoms with Gasteiger partial charge in [0.25, 0.3) is 0 Å². The van der Waals surface area contributed by atoms with Gasteiger partial charge in [0, 0.05) is 29.9 Å². The van der Waals surface area contributed by atoms with Crippen LogP contribution in [0.3, 0.4) is 0 Å². The molecule has 0 aliphatic heterocycles. The predicted molar refractivity (Wildman–Crippen MR) is 150 cm³/mol. The summed E-state index contributed by atoms with van der Waals surface area (Å²) in [7, 11) is 0. The van der Waals surface area contributed by atoms with Crippen LogP contribution in [0.5, 0.6) is 0 Å². The van der Waals surface area contributed by atoms with Crippen LogP contribution in [0.15, 0.2) is 48.8 Å². The zero-order chi connectivity index (χ0) is 24.8. The third kappa shape index (κ3) is 14.1. The Kier molecular flexibility index (Phi) is 16.6. The molecule has 0 saturated heterocycles. The van der Waals surface area contributed by atoms with E-state index in [1.807, 2.05) is 36.7 Å². The normalized spacial score (nSPS) is 10.9. The van der Waals surface area contributed by atoms with Gasteiger partial charge < -0.3 is 10.1 Å². The number of para-hydroxylation sites is 1. The molecule has 2 heterocycles. The molecule has 0 spiro atoms. The number of aliphatic hydroxyl groups is 1. The molecule has 0 unspecified atom stereocenters. The maximum absolute atomic E-state index is 8.89. The van der Waals surface area contributed by atoms with Gasteiger partial charge in [-0.2, -0.15) is 0 Å². The number of imidazole rings is 1. The average molecular weight is 480 g/mol. The molecular weight excluding hydrogens is 430 g/mol. The van der Waals surface area contributed by atoms with Gasteiger partial charge in [0.05, 0.1) is 12.1 Å². The number of aromatic nitrogens is 3. The Hall–Kier alpha value is -2.20. The van der Waals surface area contributed by atoms with Gasteiger partial charge in [-0.3, -0.25) is 4.98 Å². The van der Waals surface area contributed by atoms with Crippen molar-refractivity contribution in [2.24, 2.45) is 0 Å². The van der Waals surface area contributed by atoms with Crippen molar-refractivity contribution in [3.63, 3.8) is 0 Å². The van der Waals surface area contributed by atoms with Gasteiger partial charge in [-0.25, -0.2) is 4.98 Å². The molecule has 194 valence electrons. The number of nitrogens with zero attached hydrogens (tertiary/aromatic N) is 2. The molecular formula is C31H49N3O. The van der Waals surface area contributed by atoms with Crippen molar-refractivity contribution < 1.29 is 5.11 Å². The van der Waals surface area contributed by atoms with E-state index in [-0.39, 0.29) is 6.61 Å². The monoisotopic (exact) mass is 479 g/mol. The standard InChI is InChI=1S/C22H42N2O.C9H7N/c1-2-3-4-5-6-7-8-9-10-11-12-13-14-15-16-17-21-20-23-22(24-21)18-19-25;1-2-6-9-8(4-1)5-3-7-10-9/h20,25H,2-19H2,1H3,(H,23,24);1-7H. The molecule has 2 aromatic heterocycles. The lowest BCUT2D eigenvalue weighted by Gasteiger charge is -2.03. The second-order valence-electron chi connectivity index (χ2n) is 9.72. The highest BCUT2D eigenvalue weighted by atomic mass is 16.3. The Bertz CT molecular complexity index is 811. The molecule has 0 radical (unpaired) electrons. The maximum atomic E-state index is 8.89. The summed E-state index contributed by atoms with van der Waals surface area (Å²) in [4.78, 5) is 11.8. The summed E-state index contributed by atoms with van der Waals surface area (Å²) in [6.45, 7) is 2.46. The van der Waals surface area contributed by atoms with Gasteiger partial charge in [-0.05, 0) is 25.0 Å². The van der Waals surface area contributed by atoms with E-state index >= 15 is 0 Å². The average Bonchev–Trinajstić information content (AvgIpc) is 3.34. The van der Waals surface area contributed by atoms with Crippen molar-refractivity contribution in [2.45, 2.75) is 116 Å². The van der Waals surface area contributed by atoms with Crippen molar-refractivity contribution in [3.05, 3.63) is 60.3 Å². The fraction of sp³-hybridized carbons (Fsp3) is 0.613. The number of hydrogen-bond acceptors (Lipinski definition) is 3.